The number of hydrogen-bond acceptors (Lipinski definition) is 4. The minimum Gasteiger partial charge on any atom is -0.497 e. The van der Waals surface area contributed by atoms with Crippen molar-refractivity contribution in [3.05, 3.63) is 65.1 Å². The number of hydrogen-bond donors (Lipinski definition) is 1. The lowest BCUT2D eigenvalue weighted by Gasteiger charge is -2.39. The van der Waals surface area contributed by atoms with Crippen LogP contribution in [-0.4, -0.2) is 47.4 Å². The lowest BCUT2D eigenvalue weighted by Crippen LogP contribution is -2.42. The number of methoxy groups -OCH3 is 1. The maximum Gasteiger partial charge on any atom is 0.271 e. The molecule has 3 heterocycles. The molecule has 2 atom stereocenters. The fraction of sp³-hybridized carbons (Fsp3) is 0.364. The Morgan fingerprint density at radius 1 is 1.28 bits per heavy atom. The summed E-state index contributed by atoms with van der Waals surface area (Å²) >= 11 is 6.25. The van der Waals surface area contributed by atoms with E-state index in [2.05, 4.69) is 34.4 Å². The molecule has 0 radical (unpaired) electrons. The Bertz CT molecular complexity index is 1000. The summed E-state index contributed by atoms with van der Waals surface area (Å²) < 4.78 is 7.01. The normalized spacial score (nSPS) is 20.0. The molecule has 2 unspecified atom stereocenters. The molecule has 152 valence electrons. The standard InChI is InChI=1S/C22H25ClN4O2/c1-26-12-5-6-16(19(26)15-8-10-17(29-2)11-9-15)14-24-22(28)20-21(23)25-18-7-3-4-13-27(18)20/h3-4,7-11,13,16,19H,5-6,12,14H2,1-2H3,(H,24,28). The monoisotopic (exact) mass is 412 g/mol. The molecule has 6 nitrogen and oxygen atoms in total. The Labute approximate surface area is 175 Å². The van der Waals surface area contributed by atoms with E-state index in [4.69, 9.17) is 16.3 Å². The molecule has 3 aromatic rings. The third-order valence-corrected chi connectivity index (χ3v) is 5.96. The first-order valence-corrected chi connectivity index (χ1v) is 10.2. The molecule has 1 fully saturated rings. The first-order valence-electron chi connectivity index (χ1n) is 9.83. The molecule has 1 aliphatic rings. The van der Waals surface area contributed by atoms with Crippen molar-refractivity contribution in [1.82, 2.24) is 19.6 Å². The number of nitrogens with zero attached hydrogens (tertiary/aromatic N) is 3. The topological polar surface area (TPSA) is 58.9 Å². The van der Waals surface area contributed by atoms with E-state index in [9.17, 15) is 4.79 Å². The van der Waals surface area contributed by atoms with Crippen LogP contribution < -0.4 is 10.1 Å². The maximum absolute atomic E-state index is 12.9. The highest BCUT2D eigenvalue weighted by molar-refractivity contribution is 6.32. The van der Waals surface area contributed by atoms with Crippen LogP contribution in [0.4, 0.5) is 0 Å². The zero-order valence-electron chi connectivity index (χ0n) is 16.6. The number of amides is 1. The Kier molecular flexibility index (Phi) is 5.74. The van der Waals surface area contributed by atoms with Crippen molar-refractivity contribution in [2.24, 2.45) is 5.92 Å². The number of ether oxygens (including phenoxy) is 1. The van der Waals surface area contributed by atoms with Gasteiger partial charge in [-0.3, -0.25) is 14.1 Å². The van der Waals surface area contributed by atoms with Gasteiger partial charge in [0.2, 0.25) is 0 Å². The van der Waals surface area contributed by atoms with E-state index in [-0.39, 0.29) is 17.1 Å². The zero-order chi connectivity index (χ0) is 20.4. The van der Waals surface area contributed by atoms with E-state index < -0.39 is 0 Å². The number of aromatic nitrogens is 2. The predicted molar refractivity (Wildman–Crippen MR) is 114 cm³/mol. The van der Waals surface area contributed by atoms with Gasteiger partial charge in [0.25, 0.3) is 5.91 Å². The number of carbonyl (C=O) groups excluding carboxylic acids is 1. The van der Waals surface area contributed by atoms with Gasteiger partial charge in [-0.1, -0.05) is 29.8 Å². The van der Waals surface area contributed by atoms with Crippen molar-refractivity contribution in [1.29, 1.82) is 0 Å². The van der Waals surface area contributed by atoms with Gasteiger partial charge in [-0.15, -0.1) is 0 Å². The minimum atomic E-state index is -0.199. The number of nitrogens with one attached hydrogen (secondary N) is 1. The molecule has 1 saturated heterocycles. The van der Waals surface area contributed by atoms with Gasteiger partial charge in [-0.25, -0.2) is 4.98 Å². The van der Waals surface area contributed by atoms with Crippen LogP contribution in [0.5, 0.6) is 5.75 Å². The van der Waals surface area contributed by atoms with Gasteiger partial charge in [-0.05, 0) is 62.2 Å². The van der Waals surface area contributed by atoms with Gasteiger partial charge < -0.3 is 10.1 Å². The second kappa shape index (κ2) is 8.43. The summed E-state index contributed by atoms with van der Waals surface area (Å²) in [7, 11) is 3.82. The fourth-order valence-corrected chi connectivity index (χ4v) is 4.54. The highest BCUT2D eigenvalue weighted by atomic mass is 35.5. The second-order valence-electron chi connectivity index (χ2n) is 7.49. The number of piperidine rings is 1. The Morgan fingerprint density at radius 3 is 2.83 bits per heavy atom. The molecular weight excluding hydrogens is 388 g/mol. The van der Waals surface area contributed by atoms with Crippen LogP contribution >= 0.6 is 11.6 Å². The molecule has 1 amide bonds. The van der Waals surface area contributed by atoms with Gasteiger partial charge in [0.15, 0.2) is 10.8 Å². The van der Waals surface area contributed by atoms with Gasteiger partial charge >= 0.3 is 0 Å². The summed E-state index contributed by atoms with van der Waals surface area (Å²) in [5, 5.41) is 3.32. The Balaban J connectivity index is 1.52. The molecule has 0 bridgehead atoms. The molecule has 2 aromatic heterocycles. The summed E-state index contributed by atoms with van der Waals surface area (Å²) in [4.78, 5) is 19.5. The molecule has 1 aliphatic heterocycles. The molecular formula is C22H25ClN4O2. The van der Waals surface area contributed by atoms with Crippen molar-refractivity contribution < 1.29 is 9.53 Å². The highest BCUT2D eigenvalue weighted by Crippen LogP contribution is 2.35. The number of rotatable bonds is 5. The number of fused-ring (bicyclic) bond motifs is 1. The van der Waals surface area contributed by atoms with Crippen LogP contribution in [-0.2, 0) is 0 Å². The summed E-state index contributed by atoms with van der Waals surface area (Å²) in [5.41, 5.74) is 2.28. The molecule has 1 aromatic carbocycles. The van der Waals surface area contributed by atoms with Crippen molar-refractivity contribution >= 4 is 23.2 Å². The van der Waals surface area contributed by atoms with E-state index in [0.717, 1.165) is 25.1 Å². The van der Waals surface area contributed by atoms with Gasteiger partial charge in [0, 0.05) is 18.8 Å². The predicted octanol–water partition coefficient (Wildman–Crippen LogP) is 3.81. The molecule has 0 spiro atoms. The van der Waals surface area contributed by atoms with E-state index >= 15 is 0 Å². The van der Waals surface area contributed by atoms with Crippen molar-refractivity contribution in [2.45, 2.75) is 18.9 Å². The van der Waals surface area contributed by atoms with Crippen molar-refractivity contribution in [2.75, 3.05) is 27.2 Å². The third kappa shape index (κ3) is 3.95. The number of likely N-dealkylation sites (tertiary alicyclic amines) is 1. The molecule has 7 heteroatoms. The molecule has 0 aliphatic carbocycles. The number of imidazole rings is 1. The minimum absolute atomic E-state index is 0.199. The van der Waals surface area contributed by atoms with E-state index in [1.165, 1.54) is 5.56 Å². The van der Waals surface area contributed by atoms with E-state index in [1.807, 2.05) is 30.3 Å². The lowest BCUT2D eigenvalue weighted by molar-refractivity contribution is 0.0886. The van der Waals surface area contributed by atoms with Crippen LogP contribution in [0.15, 0.2) is 48.7 Å². The molecule has 1 N–H and O–H groups in total. The number of benzene rings is 1. The summed E-state index contributed by atoms with van der Waals surface area (Å²) in [6, 6.07) is 14.0. The quantitative estimate of drug-likeness (QED) is 0.692. The van der Waals surface area contributed by atoms with Crippen molar-refractivity contribution in [3.8, 4) is 5.75 Å². The van der Waals surface area contributed by atoms with Crippen LogP contribution in [0.3, 0.4) is 0 Å². The van der Waals surface area contributed by atoms with Gasteiger partial charge in [0.1, 0.15) is 11.4 Å². The fourth-order valence-electron chi connectivity index (χ4n) is 4.28. The number of pyridine rings is 1. The largest absolute Gasteiger partial charge is 0.497 e. The first-order chi connectivity index (χ1) is 14.1. The zero-order valence-corrected chi connectivity index (χ0v) is 17.4. The van der Waals surface area contributed by atoms with E-state index in [1.54, 1.807) is 17.7 Å². The average Bonchev–Trinajstić information content (AvgIpc) is 3.08. The highest BCUT2D eigenvalue weighted by Gasteiger charge is 2.31. The first kappa shape index (κ1) is 19.7. The average molecular weight is 413 g/mol. The Morgan fingerprint density at radius 2 is 2.07 bits per heavy atom. The number of carbonyl (C=O) groups is 1. The molecule has 4 rings (SSSR count). The lowest BCUT2D eigenvalue weighted by atomic mass is 9.85. The summed E-state index contributed by atoms with van der Waals surface area (Å²) in [5.74, 6) is 0.957. The van der Waals surface area contributed by atoms with Crippen LogP contribution in [0, 0.1) is 5.92 Å². The maximum atomic E-state index is 12.9. The summed E-state index contributed by atoms with van der Waals surface area (Å²) in [6.45, 7) is 1.62. The SMILES string of the molecule is COc1ccc(C2C(CNC(=O)c3c(Cl)nc4ccccn34)CCCN2C)cc1. The van der Waals surface area contributed by atoms with Crippen molar-refractivity contribution in [3.63, 3.8) is 0 Å². The second-order valence-corrected chi connectivity index (χ2v) is 7.85. The smallest absolute Gasteiger partial charge is 0.271 e. The summed E-state index contributed by atoms with van der Waals surface area (Å²) in [6.07, 6.45) is 3.97. The molecule has 0 saturated carbocycles. The third-order valence-electron chi connectivity index (χ3n) is 5.69. The Hall–Kier alpha value is -2.57. The van der Waals surface area contributed by atoms with Crippen LogP contribution in [0.2, 0.25) is 5.15 Å². The van der Waals surface area contributed by atoms with Crippen LogP contribution in [0.25, 0.3) is 5.65 Å². The van der Waals surface area contributed by atoms with Gasteiger partial charge in [0.05, 0.1) is 7.11 Å². The van der Waals surface area contributed by atoms with Crippen LogP contribution in [0.1, 0.15) is 34.9 Å². The van der Waals surface area contributed by atoms with E-state index in [0.29, 0.717) is 23.8 Å². The van der Waals surface area contributed by atoms with Gasteiger partial charge in [-0.2, -0.15) is 0 Å². The number of halogens is 1. The molecule has 29 heavy (non-hydrogen) atoms.